The van der Waals surface area contributed by atoms with Crippen molar-refractivity contribution in [1.82, 2.24) is 10.2 Å². The lowest BCUT2D eigenvalue weighted by molar-refractivity contribution is -0.126. The zero-order chi connectivity index (χ0) is 15.5. The van der Waals surface area contributed by atoms with Gasteiger partial charge in [0.25, 0.3) is 0 Å². The Hall–Kier alpha value is -1.93. The molecule has 0 spiro atoms. The number of likely N-dealkylation sites (tertiary alicyclic amines) is 1. The van der Waals surface area contributed by atoms with Crippen LogP contribution in [0.1, 0.15) is 36.8 Å². The highest BCUT2D eigenvalue weighted by Crippen LogP contribution is 2.23. The zero-order valence-electron chi connectivity index (χ0n) is 12.5. The fourth-order valence-electron chi connectivity index (χ4n) is 2.95. The van der Waals surface area contributed by atoms with Gasteiger partial charge in [-0.05, 0) is 44.4 Å². The van der Waals surface area contributed by atoms with Crippen LogP contribution in [0.15, 0.2) is 18.2 Å². The number of nitrogens with zero attached hydrogens (tertiary/aromatic N) is 2. The highest BCUT2D eigenvalue weighted by molar-refractivity contribution is 5.79. The van der Waals surface area contributed by atoms with Gasteiger partial charge in [0.05, 0.1) is 17.6 Å². The van der Waals surface area contributed by atoms with Crippen molar-refractivity contribution in [3.63, 3.8) is 0 Å². The Kier molecular flexibility index (Phi) is 4.39. The minimum absolute atomic E-state index is 0.00999. The van der Waals surface area contributed by atoms with E-state index in [4.69, 9.17) is 5.26 Å². The van der Waals surface area contributed by atoms with Crippen LogP contribution in [-0.4, -0.2) is 29.9 Å². The molecule has 2 fully saturated rings. The lowest BCUT2D eigenvalue weighted by Gasteiger charge is -2.32. The normalized spacial score (nSPS) is 22.1. The molecule has 1 aliphatic carbocycles. The van der Waals surface area contributed by atoms with Gasteiger partial charge in [0.15, 0.2) is 0 Å². The van der Waals surface area contributed by atoms with Crippen molar-refractivity contribution in [1.29, 1.82) is 5.26 Å². The third kappa shape index (κ3) is 3.63. The van der Waals surface area contributed by atoms with E-state index in [1.165, 1.54) is 6.07 Å². The average molecular weight is 301 g/mol. The molecule has 22 heavy (non-hydrogen) atoms. The van der Waals surface area contributed by atoms with Crippen LogP contribution in [0.25, 0.3) is 0 Å². The van der Waals surface area contributed by atoms with E-state index in [-0.39, 0.29) is 17.6 Å². The molecular formula is C17H20FN3O. The van der Waals surface area contributed by atoms with Crippen molar-refractivity contribution in [3.8, 4) is 6.07 Å². The Balaban J connectivity index is 1.60. The topological polar surface area (TPSA) is 56.1 Å². The van der Waals surface area contributed by atoms with Crippen molar-refractivity contribution < 1.29 is 9.18 Å². The number of nitriles is 1. The van der Waals surface area contributed by atoms with E-state index in [1.807, 2.05) is 6.07 Å². The van der Waals surface area contributed by atoms with Crippen LogP contribution in [-0.2, 0) is 11.3 Å². The van der Waals surface area contributed by atoms with Crippen molar-refractivity contribution in [2.45, 2.75) is 38.3 Å². The van der Waals surface area contributed by atoms with Crippen LogP contribution in [0.5, 0.6) is 0 Å². The molecule has 4 nitrogen and oxygen atoms in total. The summed E-state index contributed by atoms with van der Waals surface area (Å²) < 4.78 is 14.0. The molecule has 1 aromatic carbocycles. The number of halogens is 1. The molecule has 1 atom stereocenters. The molecular weight excluding hydrogens is 281 g/mol. The van der Waals surface area contributed by atoms with Gasteiger partial charge < -0.3 is 5.32 Å². The molecule has 0 radical (unpaired) electrons. The summed E-state index contributed by atoms with van der Waals surface area (Å²) in [4.78, 5) is 14.3. The Morgan fingerprint density at radius 3 is 2.91 bits per heavy atom. The Labute approximate surface area is 129 Å². The van der Waals surface area contributed by atoms with E-state index >= 15 is 0 Å². The first-order chi connectivity index (χ1) is 10.7. The Bertz CT molecular complexity index is 606. The highest BCUT2D eigenvalue weighted by atomic mass is 19.1. The van der Waals surface area contributed by atoms with Gasteiger partial charge >= 0.3 is 0 Å². The van der Waals surface area contributed by atoms with Gasteiger partial charge in [-0.1, -0.05) is 6.07 Å². The van der Waals surface area contributed by atoms with E-state index < -0.39 is 0 Å². The van der Waals surface area contributed by atoms with Crippen molar-refractivity contribution in [2.75, 3.05) is 13.1 Å². The number of hydrogen-bond acceptors (Lipinski definition) is 3. The first-order valence-electron chi connectivity index (χ1n) is 7.87. The van der Waals surface area contributed by atoms with Crippen LogP contribution in [0, 0.1) is 23.1 Å². The average Bonchev–Trinajstić information content (AvgIpc) is 3.33. The van der Waals surface area contributed by atoms with Crippen LogP contribution in [0.4, 0.5) is 4.39 Å². The fourth-order valence-corrected chi connectivity index (χ4v) is 2.95. The summed E-state index contributed by atoms with van der Waals surface area (Å²) in [6.45, 7) is 2.05. The lowest BCUT2D eigenvalue weighted by Crippen LogP contribution is -2.43. The molecule has 116 valence electrons. The number of rotatable bonds is 4. The summed E-state index contributed by atoms with van der Waals surface area (Å²) in [6, 6.07) is 6.91. The maximum Gasteiger partial charge on any atom is 0.224 e. The third-order valence-corrected chi connectivity index (χ3v) is 4.38. The fraction of sp³-hybridized carbons (Fsp3) is 0.529. The first-order valence-corrected chi connectivity index (χ1v) is 7.87. The van der Waals surface area contributed by atoms with E-state index in [9.17, 15) is 9.18 Å². The van der Waals surface area contributed by atoms with Gasteiger partial charge in [0.2, 0.25) is 5.91 Å². The SMILES string of the molecule is N#Cc1ccc(CN2CCCC(C(=O)NC3CC3)C2)c(F)c1. The van der Waals surface area contributed by atoms with Gasteiger partial charge in [0, 0.05) is 24.7 Å². The van der Waals surface area contributed by atoms with Crippen molar-refractivity contribution in [2.24, 2.45) is 5.92 Å². The Morgan fingerprint density at radius 1 is 1.41 bits per heavy atom. The zero-order valence-corrected chi connectivity index (χ0v) is 12.5. The maximum atomic E-state index is 14.0. The molecule has 2 aliphatic rings. The minimum Gasteiger partial charge on any atom is -0.353 e. The quantitative estimate of drug-likeness (QED) is 0.927. The monoisotopic (exact) mass is 301 g/mol. The molecule has 1 N–H and O–H groups in total. The molecule has 1 unspecified atom stereocenters. The van der Waals surface area contributed by atoms with E-state index in [0.717, 1.165) is 32.2 Å². The van der Waals surface area contributed by atoms with Gasteiger partial charge in [-0.15, -0.1) is 0 Å². The first kappa shape index (κ1) is 15.0. The summed E-state index contributed by atoms with van der Waals surface area (Å²) in [5.41, 5.74) is 0.920. The van der Waals surface area contributed by atoms with Gasteiger partial charge in [-0.3, -0.25) is 9.69 Å². The number of piperidine rings is 1. The molecule has 1 amide bonds. The summed E-state index contributed by atoms with van der Waals surface area (Å²) in [5, 5.41) is 11.8. The van der Waals surface area contributed by atoms with Crippen molar-refractivity contribution >= 4 is 5.91 Å². The summed E-state index contributed by atoms with van der Waals surface area (Å²) in [7, 11) is 0. The molecule has 3 rings (SSSR count). The summed E-state index contributed by atoms with van der Waals surface area (Å²) in [6.07, 6.45) is 4.06. The third-order valence-electron chi connectivity index (χ3n) is 4.38. The summed E-state index contributed by atoms with van der Waals surface area (Å²) in [5.74, 6) is -0.188. The van der Waals surface area contributed by atoms with E-state index in [2.05, 4.69) is 10.2 Å². The van der Waals surface area contributed by atoms with Gasteiger partial charge in [-0.25, -0.2) is 4.39 Å². The molecule has 1 aromatic rings. The second kappa shape index (κ2) is 6.45. The number of carbonyl (C=O) groups is 1. The molecule has 0 aromatic heterocycles. The van der Waals surface area contributed by atoms with Crippen LogP contribution < -0.4 is 5.32 Å². The second-order valence-corrected chi connectivity index (χ2v) is 6.28. The molecule has 1 saturated heterocycles. The maximum absolute atomic E-state index is 14.0. The summed E-state index contributed by atoms with van der Waals surface area (Å²) >= 11 is 0. The van der Waals surface area contributed by atoms with Gasteiger partial charge in [-0.2, -0.15) is 5.26 Å². The van der Waals surface area contributed by atoms with Crippen LogP contribution >= 0.6 is 0 Å². The van der Waals surface area contributed by atoms with E-state index in [0.29, 0.717) is 30.3 Å². The number of hydrogen-bond donors (Lipinski definition) is 1. The number of nitrogens with one attached hydrogen (secondary N) is 1. The molecule has 1 heterocycles. The van der Waals surface area contributed by atoms with E-state index in [1.54, 1.807) is 12.1 Å². The minimum atomic E-state index is -0.344. The van der Waals surface area contributed by atoms with Gasteiger partial charge in [0.1, 0.15) is 5.82 Å². The van der Waals surface area contributed by atoms with Crippen molar-refractivity contribution in [3.05, 3.63) is 35.1 Å². The lowest BCUT2D eigenvalue weighted by atomic mass is 9.96. The Morgan fingerprint density at radius 2 is 2.23 bits per heavy atom. The molecule has 5 heteroatoms. The smallest absolute Gasteiger partial charge is 0.224 e. The van der Waals surface area contributed by atoms with Crippen LogP contribution in [0.2, 0.25) is 0 Å². The molecule has 1 saturated carbocycles. The predicted octanol–water partition coefficient (Wildman–Crippen LogP) is 2.19. The highest BCUT2D eigenvalue weighted by Gasteiger charge is 2.30. The number of benzene rings is 1. The second-order valence-electron chi connectivity index (χ2n) is 6.28. The largest absolute Gasteiger partial charge is 0.353 e. The molecule has 0 bridgehead atoms. The standard InChI is InChI=1S/C17H20FN3O/c18-16-8-12(9-19)3-4-13(16)10-21-7-1-2-14(11-21)17(22)20-15-5-6-15/h3-4,8,14-15H,1-2,5-7,10-11H2,(H,20,22). The predicted molar refractivity (Wildman–Crippen MR) is 80.3 cm³/mol. The molecule has 1 aliphatic heterocycles. The number of carbonyl (C=O) groups excluding carboxylic acids is 1. The number of amides is 1. The van der Waals surface area contributed by atoms with Crippen LogP contribution in [0.3, 0.4) is 0 Å².